The molecule has 25 heavy (non-hydrogen) atoms. The van der Waals surface area contributed by atoms with Gasteiger partial charge >= 0.3 is 0 Å². The third-order valence-electron chi connectivity index (χ3n) is 4.73. The summed E-state index contributed by atoms with van der Waals surface area (Å²) in [6.45, 7) is 10.0. The van der Waals surface area contributed by atoms with Crippen molar-refractivity contribution < 1.29 is 4.79 Å². The second-order valence-electron chi connectivity index (χ2n) is 7.44. The number of aromatic nitrogens is 3. The van der Waals surface area contributed by atoms with E-state index in [0.717, 1.165) is 5.56 Å². The van der Waals surface area contributed by atoms with E-state index in [9.17, 15) is 9.59 Å². The molecule has 0 aromatic carbocycles. The molecule has 0 bridgehead atoms. The van der Waals surface area contributed by atoms with E-state index in [1.807, 2.05) is 6.92 Å². The van der Waals surface area contributed by atoms with Crippen molar-refractivity contribution in [1.82, 2.24) is 19.9 Å². The minimum atomic E-state index is -0.274. The molecule has 2 aromatic rings. The van der Waals surface area contributed by atoms with E-state index in [4.69, 9.17) is 0 Å². The molecule has 0 spiro atoms. The number of rotatable bonds is 4. The van der Waals surface area contributed by atoms with Crippen molar-refractivity contribution in [3.8, 4) is 11.4 Å². The summed E-state index contributed by atoms with van der Waals surface area (Å²) < 4.78 is 0. The van der Waals surface area contributed by atoms with Crippen LogP contribution in [0.2, 0.25) is 0 Å². The Kier molecular flexibility index (Phi) is 5.40. The van der Waals surface area contributed by atoms with E-state index >= 15 is 0 Å². The number of nitrogens with one attached hydrogen (secondary N) is 1. The van der Waals surface area contributed by atoms with Gasteiger partial charge in [0.15, 0.2) is 0 Å². The number of carbonyl (C=O) groups excluding carboxylic acids is 1. The van der Waals surface area contributed by atoms with Gasteiger partial charge in [-0.25, -0.2) is 4.98 Å². The highest BCUT2D eigenvalue weighted by molar-refractivity contribution is 5.79. The molecule has 2 aromatic heterocycles. The molecule has 0 fully saturated rings. The topological polar surface area (TPSA) is 79.0 Å². The van der Waals surface area contributed by atoms with Crippen LogP contribution in [-0.4, -0.2) is 38.8 Å². The molecule has 0 saturated carbocycles. The average Bonchev–Trinajstić information content (AvgIpc) is 2.56. The summed E-state index contributed by atoms with van der Waals surface area (Å²) in [4.78, 5) is 38.0. The number of aromatic amines is 1. The molecule has 6 nitrogen and oxygen atoms in total. The molecule has 1 unspecified atom stereocenters. The van der Waals surface area contributed by atoms with Gasteiger partial charge in [-0.2, -0.15) is 0 Å². The van der Waals surface area contributed by atoms with E-state index in [2.05, 4.69) is 35.7 Å². The maximum absolute atomic E-state index is 12.6. The first-order valence-electron chi connectivity index (χ1n) is 8.37. The molecule has 0 aliphatic carbocycles. The van der Waals surface area contributed by atoms with E-state index in [1.165, 1.54) is 0 Å². The summed E-state index contributed by atoms with van der Waals surface area (Å²) in [5.74, 6) is 0.395. The number of likely N-dealkylation sites (N-methyl/N-ethyl adjacent to an activating group) is 1. The fourth-order valence-electron chi connectivity index (χ4n) is 2.54. The summed E-state index contributed by atoms with van der Waals surface area (Å²) in [5.41, 5.74) is 1.46. The summed E-state index contributed by atoms with van der Waals surface area (Å²) in [7, 11) is 1.78. The fourth-order valence-corrected chi connectivity index (χ4v) is 2.54. The van der Waals surface area contributed by atoms with E-state index in [0.29, 0.717) is 17.1 Å². The quantitative estimate of drug-likeness (QED) is 0.926. The zero-order valence-electron chi connectivity index (χ0n) is 15.8. The first kappa shape index (κ1) is 18.8. The van der Waals surface area contributed by atoms with E-state index in [1.54, 1.807) is 43.4 Å². The molecule has 2 heterocycles. The molecule has 6 heteroatoms. The zero-order valence-corrected chi connectivity index (χ0v) is 15.8. The minimum absolute atomic E-state index is 0.0324. The predicted octanol–water partition coefficient (Wildman–Crippen LogP) is 2.58. The Bertz CT molecular complexity index is 806. The highest BCUT2D eigenvalue weighted by atomic mass is 16.2. The normalized spacial score (nSPS) is 12.7. The fraction of sp³-hybridized carbons (Fsp3) is 0.474. The number of pyridine rings is 1. The molecule has 1 N–H and O–H groups in total. The second kappa shape index (κ2) is 7.17. The van der Waals surface area contributed by atoms with E-state index < -0.39 is 0 Å². The monoisotopic (exact) mass is 342 g/mol. The van der Waals surface area contributed by atoms with Gasteiger partial charge in [-0.3, -0.25) is 14.6 Å². The Morgan fingerprint density at radius 1 is 1.28 bits per heavy atom. The summed E-state index contributed by atoms with van der Waals surface area (Å²) in [6, 6.07) is 3.62. The highest BCUT2D eigenvalue weighted by Gasteiger charge is 2.27. The third kappa shape index (κ3) is 4.32. The van der Waals surface area contributed by atoms with Gasteiger partial charge in [0, 0.05) is 42.3 Å². The number of carbonyl (C=O) groups is 1. The number of amides is 1. The maximum Gasteiger partial charge on any atom is 0.255 e. The molecular weight excluding hydrogens is 316 g/mol. The van der Waals surface area contributed by atoms with Crippen molar-refractivity contribution in [3.63, 3.8) is 0 Å². The number of aryl methyl sites for hydroxylation is 1. The second-order valence-corrected chi connectivity index (χ2v) is 7.44. The standard InChI is InChI=1S/C19H26N4O2/c1-12-15(11-16(24)23(6)13(2)19(3,4)5)18(25)22-17(21-12)14-7-9-20-10-8-14/h7-10,13H,11H2,1-6H3,(H,21,22,25). The molecule has 0 saturated heterocycles. The molecule has 0 aliphatic rings. The van der Waals surface area contributed by atoms with Crippen LogP contribution in [0.25, 0.3) is 11.4 Å². The molecule has 1 atom stereocenters. The molecule has 0 aliphatic heterocycles. The largest absolute Gasteiger partial charge is 0.342 e. The van der Waals surface area contributed by atoms with Crippen LogP contribution in [0.1, 0.15) is 39.0 Å². The van der Waals surface area contributed by atoms with Crippen LogP contribution in [0.5, 0.6) is 0 Å². The number of nitrogens with zero attached hydrogens (tertiary/aromatic N) is 3. The summed E-state index contributed by atoms with van der Waals surface area (Å²) in [6.07, 6.45) is 3.33. The smallest absolute Gasteiger partial charge is 0.255 e. The number of H-pyrrole nitrogens is 1. The minimum Gasteiger partial charge on any atom is -0.342 e. The van der Waals surface area contributed by atoms with Crippen LogP contribution in [-0.2, 0) is 11.2 Å². The highest BCUT2D eigenvalue weighted by Crippen LogP contribution is 2.23. The van der Waals surface area contributed by atoms with Crippen LogP contribution < -0.4 is 5.56 Å². The molecular formula is C19H26N4O2. The van der Waals surface area contributed by atoms with Crippen LogP contribution in [0.4, 0.5) is 0 Å². The van der Waals surface area contributed by atoms with Gasteiger partial charge in [-0.15, -0.1) is 0 Å². The lowest BCUT2D eigenvalue weighted by Gasteiger charge is -2.35. The van der Waals surface area contributed by atoms with Crippen LogP contribution in [0.3, 0.4) is 0 Å². The first-order valence-corrected chi connectivity index (χ1v) is 8.37. The molecule has 2 rings (SSSR count). The molecule has 1 amide bonds. The SMILES string of the molecule is Cc1nc(-c2ccncc2)[nH]c(=O)c1CC(=O)N(C)C(C)C(C)(C)C. The molecule has 0 radical (unpaired) electrons. The van der Waals surface area contributed by atoms with Crippen molar-refractivity contribution in [2.75, 3.05) is 7.05 Å². The summed E-state index contributed by atoms with van der Waals surface area (Å²) in [5, 5.41) is 0. The lowest BCUT2D eigenvalue weighted by atomic mass is 9.87. The van der Waals surface area contributed by atoms with Gasteiger partial charge in [-0.1, -0.05) is 20.8 Å². The Morgan fingerprint density at radius 3 is 2.40 bits per heavy atom. The van der Waals surface area contributed by atoms with Crippen molar-refractivity contribution in [3.05, 3.63) is 46.1 Å². The number of hydrogen-bond donors (Lipinski definition) is 1. The van der Waals surface area contributed by atoms with Gasteiger partial charge in [0.2, 0.25) is 5.91 Å². The molecule has 134 valence electrons. The Labute approximate surface area is 148 Å². The predicted molar refractivity (Wildman–Crippen MR) is 98.2 cm³/mol. The van der Waals surface area contributed by atoms with Gasteiger partial charge in [0.1, 0.15) is 5.82 Å². The lowest BCUT2D eigenvalue weighted by molar-refractivity contribution is -0.132. The van der Waals surface area contributed by atoms with Crippen molar-refractivity contribution in [2.24, 2.45) is 5.41 Å². The Hall–Kier alpha value is -2.50. The van der Waals surface area contributed by atoms with Gasteiger partial charge in [0.05, 0.1) is 6.42 Å². The first-order chi connectivity index (χ1) is 11.6. The Balaban J connectivity index is 2.26. The van der Waals surface area contributed by atoms with Crippen molar-refractivity contribution in [2.45, 2.75) is 47.1 Å². The van der Waals surface area contributed by atoms with Crippen molar-refractivity contribution >= 4 is 5.91 Å². The Morgan fingerprint density at radius 2 is 1.88 bits per heavy atom. The zero-order chi connectivity index (χ0) is 18.8. The summed E-state index contributed by atoms with van der Waals surface area (Å²) >= 11 is 0. The van der Waals surface area contributed by atoms with Crippen LogP contribution in [0, 0.1) is 12.3 Å². The lowest BCUT2D eigenvalue weighted by Crippen LogP contribution is -2.44. The third-order valence-corrected chi connectivity index (χ3v) is 4.73. The van der Waals surface area contributed by atoms with Gasteiger partial charge < -0.3 is 9.88 Å². The number of hydrogen-bond acceptors (Lipinski definition) is 4. The van der Waals surface area contributed by atoms with Gasteiger partial charge in [-0.05, 0) is 31.4 Å². The van der Waals surface area contributed by atoms with Crippen LogP contribution in [0.15, 0.2) is 29.3 Å². The maximum atomic E-state index is 12.6. The van der Waals surface area contributed by atoms with E-state index in [-0.39, 0.29) is 29.3 Å². The average molecular weight is 342 g/mol. The van der Waals surface area contributed by atoms with Crippen molar-refractivity contribution in [1.29, 1.82) is 0 Å². The van der Waals surface area contributed by atoms with Crippen LogP contribution >= 0.6 is 0 Å². The van der Waals surface area contributed by atoms with Gasteiger partial charge in [0.25, 0.3) is 5.56 Å².